The van der Waals surface area contributed by atoms with Crippen LogP contribution in [0, 0.1) is 0 Å². The number of rotatable bonds is 3. The third-order valence-corrected chi connectivity index (χ3v) is 3.53. The molecule has 4 nitrogen and oxygen atoms in total. The van der Waals surface area contributed by atoms with Crippen LogP contribution in [-0.2, 0) is 13.6 Å². The number of amides is 1. The van der Waals surface area contributed by atoms with Crippen molar-refractivity contribution in [3.8, 4) is 0 Å². The van der Waals surface area contributed by atoms with Crippen LogP contribution < -0.4 is 0 Å². The maximum atomic E-state index is 12.2. The standard InChI is InChI=1S/C13H14BrN3O/c1-16(9-10-5-3-4-6-11(10)14)13(18)12-7-8-15-17(12)2/h3-8H,9H2,1-2H3. The molecule has 0 saturated heterocycles. The van der Waals surface area contributed by atoms with Gasteiger partial charge in [0.2, 0.25) is 0 Å². The van der Waals surface area contributed by atoms with E-state index in [1.807, 2.05) is 24.3 Å². The number of carbonyl (C=O) groups excluding carboxylic acids is 1. The molecular weight excluding hydrogens is 294 g/mol. The average molecular weight is 308 g/mol. The fourth-order valence-electron chi connectivity index (χ4n) is 1.73. The molecule has 0 aliphatic heterocycles. The summed E-state index contributed by atoms with van der Waals surface area (Å²) in [5.74, 6) is -0.0363. The molecule has 5 heteroatoms. The van der Waals surface area contributed by atoms with Gasteiger partial charge < -0.3 is 4.90 Å². The number of benzene rings is 1. The Balaban J connectivity index is 2.14. The molecule has 0 saturated carbocycles. The quantitative estimate of drug-likeness (QED) is 0.873. The summed E-state index contributed by atoms with van der Waals surface area (Å²) in [7, 11) is 3.55. The summed E-state index contributed by atoms with van der Waals surface area (Å²) in [5, 5.41) is 4.00. The highest BCUT2D eigenvalue weighted by Gasteiger charge is 2.15. The zero-order chi connectivity index (χ0) is 13.1. The smallest absolute Gasteiger partial charge is 0.272 e. The van der Waals surface area contributed by atoms with Gasteiger partial charge in [-0.15, -0.1) is 0 Å². The molecule has 1 aromatic carbocycles. The molecule has 2 rings (SSSR count). The van der Waals surface area contributed by atoms with Crippen molar-refractivity contribution in [2.24, 2.45) is 7.05 Å². The van der Waals surface area contributed by atoms with Gasteiger partial charge in [0.25, 0.3) is 5.91 Å². The van der Waals surface area contributed by atoms with Gasteiger partial charge in [0.05, 0.1) is 0 Å². The van der Waals surface area contributed by atoms with Gasteiger partial charge >= 0.3 is 0 Å². The number of nitrogens with zero attached hydrogens (tertiary/aromatic N) is 3. The van der Waals surface area contributed by atoms with Crippen molar-refractivity contribution in [3.05, 3.63) is 52.3 Å². The lowest BCUT2D eigenvalue weighted by Gasteiger charge is -2.18. The van der Waals surface area contributed by atoms with E-state index in [4.69, 9.17) is 0 Å². The van der Waals surface area contributed by atoms with E-state index in [1.165, 1.54) is 0 Å². The van der Waals surface area contributed by atoms with Gasteiger partial charge in [0.1, 0.15) is 5.69 Å². The predicted octanol–water partition coefficient (Wildman–Crippen LogP) is 2.45. The lowest BCUT2D eigenvalue weighted by atomic mass is 10.2. The summed E-state index contributed by atoms with van der Waals surface area (Å²) in [6.07, 6.45) is 1.62. The molecule has 94 valence electrons. The number of carbonyl (C=O) groups is 1. The van der Waals surface area contributed by atoms with Gasteiger partial charge in [-0.3, -0.25) is 9.48 Å². The lowest BCUT2D eigenvalue weighted by Crippen LogP contribution is -2.28. The van der Waals surface area contributed by atoms with Crippen molar-refractivity contribution >= 4 is 21.8 Å². The minimum atomic E-state index is -0.0363. The average Bonchev–Trinajstić information content (AvgIpc) is 2.77. The van der Waals surface area contributed by atoms with Crippen LogP contribution in [0.4, 0.5) is 0 Å². The summed E-state index contributed by atoms with van der Waals surface area (Å²) in [4.78, 5) is 13.9. The Morgan fingerprint density at radius 3 is 2.72 bits per heavy atom. The van der Waals surface area contributed by atoms with Crippen LogP contribution in [0.3, 0.4) is 0 Å². The van der Waals surface area contributed by atoms with Crippen LogP contribution in [0.25, 0.3) is 0 Å². The van der Waals surface area contributed by atoms with E-state index in [9.17, 15) is 4.79 Å². The molecular formula is C13H14BrN3O. The Hall–Kier alpha value is -1.62. The molecule has 1 heterocycles. The van der Waals surface area contributed by atoms with E-state index in [0.29, 0.717) is 12.2 Å². The number of aryl methyl sites for hydroxylation is 1. The third kappa shape index (κ3) is 2.61. The van der Waals surface area contributed by atoms with E-state index < -0.39 is 0 Å². The first-order chi connectivity index (χ1) is 8.59. The van der Waals surface area contributed by atoms with Gasteiger partial charge in [0.15, 0.2) is 0 Å². The first-order valence-corrected chi connectivity index (χ1v) is 6.36. The van der Waals surface area contributed by atoms with Gasteiger partial charge in [0, 0.05) is 31.3 Å². The van der Waals surface area contributed by atoms with Gasteiger partial charge in [-0.05, 0) is 17.7 Å². The Kier molecular flexibility index (Phi) is 3.81. The third-order valence-electron chi connectivity index (χ3n) is 2.75. The van der Waals surface area contributed by atoms with E-state index in [2.05, 4.69) is 21.0 Å². The molecule has 0 spiro atoms. The molecule has 18 heavy (non-hydrogen) atoms. The van der Waals surface area contributed by atoms with Crippen molar-refractivity contribution in [2.75, 3.05) is 7.05 Å². The first kappa shape index (κ1) is 12.8. The highest BCUT2D eigenvalue weighted by Crippen LogP contribution is 2.18. The fourth-order valence-corrected chi connectivity index (χ4v) is 2.14. The SMILES string of the molecule is CN(Cc1ccccc1Br)C(=O)c1ccnn1C. The number of hydrogen-bond acceptors (Lipinski definition) is 2. The fraction of sp³-hybridized carbons (Fsp3) is 0.231. The molecule has 0 atom stereocenters. The van der Waals surface area contributed by atoms with Crippen molar-refractivity contribution in [1.82, 2.24) is 14.7 Å². The van der Waals surface area contributed by atoms with Gasteiger partial charge in [-0.1, -0.05) is 34.1 Å². The van der Waals surface area contributed by atoms with E-state index >= 15 is 0 Å². The molecule has 0 aliphatic rings. The lowest BCUT2D eigenvalue weighted by molar-refractivity contribution is 0.0774. The molecule has 0 aliphatic carbocycles. The molecule has 0 bridgehead atoms. The monoisotopic (exact) mass is 307 g/mol. The second-order valence-electron chi connectivity index (χ2n) is 4.09. The number of hydrogen-bond donors (Lipinski definition) is 0. The maximum absolute atomic E-state index is 12.2. The van der Waals surface area contributed by atoms with Crippen molar-refractivity contribution in [2.45, 2.75) is 6.54 Å². The molecule has 2 aromatic rings. The molecule has 1 amide bonds. The van der Waals surface area contributed by atoms with Crippen LogP contribution >= 0.6 is 15.9 Å². The zero-order valence-electron chi connectivity index (χ0n) is 10.3. The maximum Gasteiger partial charge on any atom is 0.272 e. The van der Waals surface area contributed by atoms with Gasteiger partial charge in [-0.2, -0.15) is 5.10 Å². The molecule has 1 aromatic heterocycles. The van der Waals surface area contributed by atoms with Crippen LogP contribution in [0.15, 0.2) is 41.0 Å². The predicted molar refractivity (Wildman–Crippen MR) is 73.1 cm³/mol. The van der Waals surface area contributed by atoms with E-state index in [0.717, 1.165) is 10.0 Å². The second kappa shape index (κ2) is 5.35. The Bertz CT molecular complexity index is 565. The van der Waals surface area contributed by atoms with Crippen LogP contribution in [0.2, 0.25) is 0 Å². The second-order valence-corrected chi connectivity index (χ2v) is 4.95. The van der Waals surface area contributed by atoms with Crippen molar-refractivity contribution in [1.29, 1.82) is 0 Å². The Morgan fingerprint density at radius 1 is 1.39 bits per heavy atom. The summed E-state index contributed by atoms with van der Waals surface area (Å²) < 4.78 is 2.59. The van der Waals surface area contributed by atoms with E-state index in [-0.39, 0.29) is 5.91 Å². The first-order valence-electron chi connectivity index (χ1n) is 5.56. The van der Waals surface area contributed by atoms with Gasteiger partial charge in [-0.25, -0.2) is 0 Å². The van der Waals surface area contributed by atoms with Crippen molar-refractivity contribution in [3.63, 3.8) is 0 Å². The summed E-state index contributed by atoms with van der Waals surface area (Å²) in [6.45, 7) is 0.561. The van der Waals surface area contributed by atoms with Crippen LogP contribution in [0.1, 0.15) is 16.1 Å². The summed E-state index contributed by atoms with van der Waals surface area (Å²) >= 11 is 3.48. The zero-order valence-corrected chi connectivity index (χ0v) is 11.9. The molecule has 0 N–H and O–H groups in total. The number of aromatic nitrogens is 2. The topological polar surface area (TPSA) is 38.1 Å². The summed E-state index contributed by atoms with van der Waals surface area (Å²) in [6, 6.07) is 9.60. The molecule has 0 unspecified atom stereocenters. The van der Waals surface area contributed by atoms with E-state index in [1.54, 1.807) is 35.9 Å². The van der Waals surface area contributed by atoms with Crippen molar-refractivity contribution < 1.29 is 4.79 Å². The van der Waals surface area contributed by atoms with Crippen LogP contribution in [-0.4, -0.2) is 27.6 Å². The normalized spacial score (nSPS) is 10.4. The highest BCUT2D eigenvalue weighted by atomic mass is 79.9. The minimum Gasteiger partial charge on any atom is -0.336 e. The summed E-state index contributed by atoms with van der Waals surface area (Å²) in [5.41, 5.74) is 1.67. The molecule has 0 radical (unpaired) electrons. The molecule has 0 fully saturated rings. The minimum absolute atomic E-state index is 0.0363. The number of halogens is 1. The van der Waals surface area contributed by atoms with Crippen LogP contribution in [0.5, 0.6) is 0 Å². The Labute approximate surface area is 114 Å². The Morgan fingerprint density at radius 2 is 2.11 bits per heavy atom. The largest absolute Gasteiger partial charge is 0.336 e. The highest BCUT2D eigenvalue weighted by molar-refractivity contribution is 9.10.